The van der Waals surface area contributed by atoms with Gasteiger partial charge in [-0.3, -0.25) is 19.2 Å². The molecule has 0 aliphatic heterocycles. The molecule has 8 atom stereocenters. The Hall–Kier alpha value is -5.58. The molecule has 0 aromatic heterocycles. The van der Waals surface area contributed by atoms with E-state index < -0.39 is 77.4 Å². The maximum absolute atomic E-state index is 14.3. The van der Waals surface area contributed by atoms with Crippen LogP contribution in [0.4, 0.5) is 0 Å². The van der Waals surface area contributed by atoms with Gasteiger partial charge < -0.3 is 24.3 Å². The van der Waals surface area contributed by atoms with Crippen molar-refractivity contribution in [1.82, 2.24) is 5.32 Å². The molecule has 55 heavy (non-hydrogen) atoms. The molecule has 11 nitrogen and oxygen atoms in total. The summed E-state index contributed by atoms with van der Waals surface area (Å²) < 4.78 is 24.0. The Morgan fingerprint density at radius 1 is 0.836 bits per heavy atom. The molecule has 11 heteroatoms. The van der Waals surface area contributed by atoms with E-state index in [1.54, 1.807) is 91.0 Å². The molecule has 0 heterocycles. The number of amides is 1. The van der Waals surface area contributed by atoms with Crippen LogP contribution in [0.5, 0.6) is 0 Å². The van der Waals surface area contributed by atoms with Crippen LogP contribution in [0.2, 0.25) is 0 Å². The quantitative estimate of drug-likeness (QED) is 0.0993. The highest BCUT2D eigenvalue weighted by molar-refractivity contribution is 5.95. The maximum Gasteiger partial charge on any atom is 0.350 e. The first-order valence-electron chi connectivity index (χ1n) is 18.8. The van der Waals surface area contributed by atoms with Crippen LogP contribution in [0.15, 0.2) is 102 Å². The topological polar surface area (TPSA) is 151 Å². The standard InChI is InChI=1S/C44H47NO10/c1-26-32-23-34(48)31-21-14-22-35(53-27(2)47)37(31)39(55-42(50)30-19-12-7-13-20-30)33(44(32,3)4)24-36(26)54-43(51)40(52-25-46)38(28-15-8-5-9-16-28)45-41(49)29-17-10-6-11-18-29/h5-13,15-20,25,31,33,35-40H,14,21-24H2,1-4H3,(H,45,49)/t31?,33?,35?,36-,37-,38?,39?,40+/m0/s1. The van der Waals surface area contributed by atoms with Gasteiger partial charge in [0.1, 0.15) is 30.1 Å². The van der Waals surface area contributed by atoms with Crippen LogP contribution in [0.1, 0.15) is 92.1 Å². The van der Waals surface area contributed by atoms with Crippen molar-refractivity contribution in [2.24, 2.45) is 23.2 Å². The fourth-order valence-electron chi connectivity index (χ4n) is 8.87. The van der Waals surface area contributed by atoms with Crippen LogP contribution in [0, 0.1) is 23.2 Å². The monoisotopic (exact) mass is 749 g/mol. The molecule has 2 fully saturated rings. The third kappa shape index (κ3) is 8.40. The van der Waals surface area contributed by atoms with Gasteiger partial charge in [-0.05, 0) is 73.4 Å². The molecule has 2 saturated carbocycles. The van der Waals surface area contributed by atoms with Crippen molar-refractivity contribution in [1.29, 1.82) is 0 Å². The predicted molar refractivity (Wildman–Crippen MR) is 200 cm³/mol. The molecule has 2 bridgehead atoms. The van der Waals surface area contributed by atoms with Crippen molar-refractivity contribution in [2.75, 3.05) is 0 Å². The molecule has 0 radical (unpaired) electrons. The zero-order valence-corrected chi connectivity index (χ0v) is 31.5. The molecule has 3 aromatic carbocycles. The number of ketones is 1. The summed E-state index contributed by atoms with van der Waals surface area (Å²) in [5.41, 5.74) is 1.89. The average molecular weight is 750 g/mol. The summed E-state index contributed by atoms with van der Waals surface area (Å²) in [4.78, 5) is 80.3. The summed E-state index contributed by atoms with van der Waals surface area (Å²) in [5.74, 6) is -4.21. The van der Waals surface area contributed by atoms with Gasteiger partial charge in [0.25, 0.3) is 12.4 Å². The van der Waals surface area contributed by atoms with Crippen LogP contribution in [-0.2, 0) is 38.1 Å². The van der Waals surface area contributed by atoms with E-state index in [0.717, 1.165) is 5.57 Å². The van der Waals surface area contributed by atoms with E-state index in [-0.39, 0.29) is 25.1 Å². The van der Waals surface area contributed by atoms with Crippen LogP contribution in [-0.4, -0.2) is 60.5 Å². The van der Waals surface area contributed by atoms with Gasteiger partial charge in [-0.1, -0.05) is 86.2 Å². The smallest absolute Gasteiger partial charge is 0.350 e. The van der Waals surface area contributed by atoms with E-state index in [1.807, 2.05) is 20.8 Å². The Morgan fingerprint density at radius 3 is 2.07 bits per heavy atom. The van der Waals surface area contributed by atoms with Gasteiger partial charge in [-0.25, -0.2) is 9.59 Å². The van der Waals surface area contributed by atoms with Gasteiger partial charge in [0, 0.05) is 36.7 Å². The van der Waals surface area contributed by atoms with Gasteiger partial charge in [0.05, 0.1) is 5.56 Å². The van der Waals surface area contributed by atoms with Gasteiger partial charge in [0.2, 0.25) is 6.10 Å². The minimum absolute atomic E-state index is 0.0644. The van der Waals surface area contributed by atoms with Gasteiger partial charge in [-0.2, -0.15) is 0 Å². The Kier molecular flexibility index (Phi) is 12.0. The van der Waals surface area contributed by atoms with Crippen LogP contribution < -0.4 is 5.32 Å². The zero-order chi connectivity index (χ0) is 39.3. The molecule has 1 amide bonds. The Balaban J connectivity index is 1.38. The number of ether oxygens (including phenoxy) is 4. The van der Waals surface area contributed by atoms with E-state index in [1.165, 1.54) is 6.92 Å². The highest BCUT2D eigenvalue weighted by atomic mass is 16.6. The van der Waals surface area contributed by atoms with E-state index >= 15 is 0 Å². The molecular weight excluding hydrogens is 702 g/mol. The van der Waals surface area contributed by atoms with Gasteiger partial charge in [0.15, 0.2) is 0 Å². The fourth-order valence-corrected chi connectivity index (χ4v) is 8.87. The number of benzene rings is 3. The summed E-state index contributed by atoms with van der Waals surface area (Å²) in [6.45, 7) is 7.29. The molecule has 0 saturated heterocycles. The van der Waals surface area contributed by atoms with E-state index in [9.17, 15) is 28.8 Å². The molecule has 5 unspecified atom stereocenters. The van der Waals surface area contributed by atoms with Crippen molar-refractivity contribution < 1.29 is 47.7 Å². The highest BCUT2D eigenvalue weighted by Gasteiger charge is 2.57. The normalized spacial score (nSPS) is 25.4. The predicted octanol–water partition coefficient (Wildman–Crippen LogP) is 6.52. The number of allylic oxidation sites excluding steroid dienone is 1. The average Bonchev–Trinajstić information content (AvgIpc) is 3.18. The van der Waals surface area contributed by atoms with Crippen molar-refractivity contribution in [2.45, 2.75) is 90.3 Å². The second kappa shape index (κ2) is 16.8. The fraction of sp³-hybridized carbons (Fsp3) is 0.409. The lowest BCUT2D eigenvalue weighted by Crippen LogP contribution is -2.57. The largest absolute Gasteiger partial charge is 0.462 e. The minimum atomic E-state index is -1.59. The van der Waals surface area contributed by atoms with Crippen molar-refractivity contribution >= 4 is 36.1 Å². The Bertz CT molecular complexity index is 1930. The lowest BCUT2D eigenvalue weighted by molar-refractivity contribution is -0.174. The van der Waals surface area contributed by atoms with Crippen LogP contribution in [0.3, 0.4) is 0 Å². The number of carbonyl (C=O) groups excluding carboxylic acids is 6. The molecule has 1 N–H and O–H groups in total. The van der Waals surface area contributed by atoms with Gasteiger partial charge in [-0.15, -0.1) is 0 Å². The van der Waals surface area contributed by atoms with E-state index in [4.69, 9.17) is 18.9 Å². The number of esters is 3. The third-order valence-electron chi connectivity index (χ3n) is 11.6. The molecule has 3 aliphatic rings. The number of rotatable bonds is 11. The zero-order valence-electron chi connectivity index (χ0n) is 31.5. The SMILES string of the molecule is CC(=O)OC1CCCC2C(=O)CC3=C(C)[C@@H](OC(=O)[C@H](OC=O)C(NC(=O)c4ccccc4)c4ccccc4)CC(C(OC(=O)c4ccccc4)[C@H]12)C3(C)C. The van der Waals surface area contributed by atoms with Gasteiger partial charge >= 0.3 is 17.9 Å². The number of hydrogen-bond acceptors (Lipinski definition) is 10. The Labute approximate surface area is 320 Å². The first-order valence-corrected chi connectivity index (χ1v) is 18.8. The van der Waals surface area contributed by atoms with Crippen molar-refractivity contribution in [3.8, 4) is 0 Å². The Morgan fingerprint density at radius 2 is 1.45 bits per heavy atom. The lowest BCUT2D eigenvalue weighted by Gasteiger charge is -2.53. The van der Waals surface area contributed by atoms with E-state index in [2.05, 4.69) is 5.32 Å². The molecule has 3 aromatic rings. The summed E-state index contributed by atoms with van der Waals surface area (Å²) in [5, 5.41) is 2.86. The molecule has 3 aliphatic carbocycles. The number of fused-ring (bicyclic) bond motifs is 3. The van der Waals surface area contributed by atoms with Crippen LogP contribution >= 0.6 is 0 Å². The van der Waals surface area contributed by atoms with Crippen molar-refractivity contribution in [3.63, 3.8) is 0 Å². The first-order chi connectivity index (χ1) is 26.4. The summed E-state index contributed by atoms with van der Waals surface area (Å²) in [6.07, 6.45) is -2.11. The maximum atomic E-state index is 14.3. The summed E-state index contributed by atoms with van der Waals surface area (Å²) >= 11 is 0. The highest BCUT2D eigenvalue weighted by Crippen LogP contribution is 2.55. The minimum Gasteiger partial charge on any atom is -0.462 e. The molecule has 0 spiro atoms. The summed E-state index contributed by atoms with van der Waals surface area (Å²) in [7, 11) is 0. The number of Topliss-reactive ketones (excluding diaryl/α,β-unsaturated/α-hetero) is 1. The number of nitrogens with one attached hydrogen (secondary N) is 1. The first kappa shape index (κ1) is 39.1. The molecular formula is C44H47NO10. The van der Waals surface area contributed by atoms with E-state index in [0.29, 0.717) is 41.5 Å². The molecule has 288 valence electrons. The second-order valence-corrected chi connectivity index (χ2v) is 15.2. The number of carbonyl (C=O) groups is 6. The number of hydrogen-bond donors (Lipinski definition) is 1. The van der Waals surface area contributed by atoms with Crippen molar-refractivity contribution in [3.05, 3.63) is 119 Å². The third-order valence-corrected chi connectivity index (χ3v) is 11.6. The second-order valence-electron chi connectivity index (χ2n) is 15.2. The lowest BCUT2D eigenvalue weighted by atomic mass is 9.55. The molecule has 6 rings (SSSR count). The summed E-state index contributed by atoms with van der Waals surface area (Å²) in [6, 6.07) is 24.5. The van der Waals surface area contributed by atoms with Crippen LogP contribution in [0.25, 0.3) is 0 Å².